The number of halogens is 1. The van der Waals surface area contributed by atoms with E-state index in [1.54, 1.807) is 6.92 Å². The van der Waals surface area contributed by atoms with Crippen LogP contribution in [0.25, 0.3) is 0 Å². The van der Waals surface area contributed by atoms with E-state index in [-0.39, 0.29) is 24.0 Å². The van der Waals surface area contributed by atoms with Crippen LogP contribution in [-0.4, -0.2) is 41.9 Å². The van der Waals surface area contributed by atoms with Crippen LogP contribution in [0.15, 0.2) is 0 Å². The Labute approximate surface area is 198 Å². The quantitative estimate of drug-likeness (QED) is 0.481. The molecule has 0 spiro atoms. The first kappa shape index (κ1) is 26.0. The van der Waals surface area contributed by atoms with E-state index in [0.29, 0.717) is 37.7 Å². The second-order valence-corrected chi connectivity index (χ2v) is 10.6. The van der Waals surface area contributed by atoms with Crippen molar-refractivity contribution in [1.82, 2.24) is 5.32 Å². The van der Waals surface area contributed by atoms with Gasteiger partial charge in [0.2, 0.25) is 5.91 Å². The fourth-order valence-corrected chi connectivity index (χ4v) is 5.50. The Balaban J connectivity index is 1.32. The van der Waals surface area contributed by atoms with Crippen LogP contribution < -0.4 is 5.32 Å². The van der Waals surface area contributed by atoms with E-state index in [0.717, 1.165) is 70.6 Å². The lowest BCUT2D eigenvalue weighted by atomic mass is 9.80. The molecule has 3 saturated carbocycles. The smallest absolute Gasteiger partial charge is 0.306 e. The summed E-state index contributed by atoms with van der Waals surface area (Å²) in [5.74, 6) is 6.27. The molecule has 1 amide bonds. The molecule has 5 atom stereocenters. The summed E-state index contributed by atoms with van der Waals surface area (Å²) in [4.78, 5) is 23.6. The van der Waals surface area contributed by atoms with Crippen LogP contribution in [0.4, 0.5) is 4.39 Å². The average molecular weight is 464 g/mol. The molecule has 6 heteroatoms. The number of aliphatic carboxylic acids is 1. The minimum absolute atomic E-state index is 0.0638. The van der Waals surface area contributed by atoms with Gasteiger partial charge in [0, 0.05) is 25.0 Å². The van der Waals surface area contributed by atoms with Crippen molar-refractivity contribution < 1.29 is 23.8 Å². The molecule has 0 aromatic heterocycles. The molecular formula is C27H42FNO4. The number of carboxylic acids is 1. The summed E-state index contributed by atoms with van der Waals surface area (Å²) in [5.41, 5.74) is 0. The normalized spacial score (nSPS) is 33.4. The van der Waals surface area contributed by atoms with Gasteiger partial charge in [0.15, 0.2) is 0 Å². The fourth-order valence-electron chi connectivity index (χ4n) is 5.50. The highest BCUT2D eigenvalue weighted by Crippen LogP contribution is 2.32. The molecule has 3 rings (SSSR count). The monoisotopic (exact) mass is 463 g/mol. The Kier molecular flexibility index (Phi) is 10.5. The summed E-state index contributed by atoms with van der Waals surface area (Å²) in [6.07, 6.45) is 12.0. The highest BCUT2D eigenvalue weighted by molar-refractivity contribution is 5.76. The lowest BCUT2D eigenvalue weighted by Crippen LogP contribution is -2.41. The van der Waals surface area contributed by atoms with Crippen molar-refractivity contribution in [2.45, 2.75) is 115 Å². The van der Waals surface area contributed by atoms with Crippen LogP contribution in [0.3, 0.4) is 0 Å². The Morgan fingerprint density at radius 3 is 2.52 bits per heavy atom. The molecule has 5 nitrogen and oxygen atoms in total. The van der Waals surface area contributed by atoms with Gasteiger partial charge in [0.25, 0.3) is 0 Å². The molecule has 3 aliphatic rings. The third-order valence-corrected chi connectivity index (χ3v) is 7.79. The van der Waals surface area contributed by atoms with Crippen molar-refractivity contribution in [3.8, 4) is 11.8 Å². The van der Waals surface area contributed by atoms with Gasteiger partial charge >= 0.3 is 5.97 Å². The average Bonchev–Trinajstić information content (AvgIpc) is 2.79. The molecule has 0 saturated heterocycles. The van der Waals surface area contributed by atoms with Gasteiger partial charge in [0.05, 0.1) is 17.9 Å². The van der Waals surface area contributed by atoms with Crippen molar-refractivity contribution in [1.29, 1.82) is 0 Å². The largest absolute Gasteiger partial charge is 0.481 e. The van der Waals surface area contributed by atoms with E-state index in [9.17, 15) is 14.0 Å². The van der Waals surface area contributed by atoms with Gasteiger partial charge in [-0.25, -0.2) is 4.39 Å². The van der Waals surface area contributed by atoms with Crippen LogP contribution in [-0.2, 0) is 14.3 Å². The number of carbonyl (C=O) groups is 2. The second kappa shape index (κ2) is 13.3. The number of carbonyl (C=O) groups excluding carboxylic acids is 1. The summed E-state index contributed by atoms with van der Waals surface area (Å²) in [7, 11) is 0. The molecule has 0 aromatic rings. The predicted molar refractivity (Wildman–Crippen MR) is 126 cm³/mol. The van der Waals surface area contributed by atoms with Gasteiger partial charge in [-0.05, 0) is 76.5 Å². The molecule has 2 N–H and O–H groups in total. The predicted octanol–water partition coefficient (Wildman–Crippen LogP) is 5.27. The number of ether oxygens (including phenoxy) is 1. The zero-order valence-electron chi connectivity index (χ0n) is 20.2. The minimum atomic E-state index is -0.786. The lowest BCUT2D eigenvalue weighted by molar-refractivity contribution is -0.142. The van der Waals surface area contributed by atoms with Crippen LogP contribution in [0.1, 0.15) is 96.8 Å². The fraction of sp³-hybridized carbons (Fsp3) is 0.852. The standard InChI is InChI=1S/C27H42FNO4/c1-19(27(31)32)15-16-33-24-7-4-6-23(18-24)29-26(30)17-21-11-9-20(10-12-21)13-14-22-5-2-3-8-25(22)28/h19-25H,2-12,15-18H2,1H3,(H,29,30)(H,31,32). The molecule has 0 radical (unpaired) electrons. The summed E-state index contributed by atoms with van der Waals surface area (Å²) < 4.78 is 19.9. The number of amides is 1. The highest BCUT2D eigenvalue weighted by Gasteiger charge is 2.27. The summed E-state index contributed by atoms with van der Waals surface area (Å²) in [6, 6.07) is 0.152. The molecule has 0 heterocycles. The van der Waals surface area contributed by atoms with Gasteiger partial charge in [-0.2, -0.15) is 0 Å². The van der Waals surface area contributed by atoms with E-state index in [1.165, 1.54) is 0 Å². The number of hydrogen-bond donors (Lipinski definition) is 2. The molecule has 0 bridgehead atoms. The molecule has 186 valence electrons. The minimum Gasteiger partial charge on any atom is -0.481 e. The number of nitrogens with one attached hydrogen (secondary N) is 1. The van der Waals surface area contributed by atoms with Gasteiger partial charge in [-0.1, -0.05) is 31.6 Å². The summed E-state index contributed by atoms with van der Waals surface area (Å²) in [5, 5.41) is 12.2. The van der Waals surface area contributed by atoms with E-state index in [1.807, 2.05) is 0 Å². The molecule has 33 heavy (non-hydrogen) atoms. The summed E-state index contributed by atoms with van der Waals surface area (Å²) in [6.45, 7) is 2.16. The number of hydrogen-bond acceptors (Lipinski definition) is 3. The zero-order chi connectivity index (χ0) is 23.6. The summed E-state index contributed by atoms with van der Waals surface area (Å²) >= 11 is 0. The van der Waals surface area contributed by atoms with Gasteiger partial charge in [0.1, 0.15) is 6.17 Å². The SMILES string of the molecule is CC(CCOC1CCCC(NC(=O)CC2CCC(C#CC3CCCCC3F)CC2)C1)C(=O)O. The third-order valence-electron chi connectivity index (χ3n) is 7.79. The van der Waals surface area contributed by atoms with Crippen LogP contribution in [0.5, 0.6) is 0 Å². The first-order valence-electron chi connectivity index (χ1n) is 13.2. The molecule has 3 aliphatic carbocycles. The van der Waals surface area contributed by atoms with E-state index >= 15 is 0 Å². The molecule has 0 aromatic carbocycles. The van der Waals surface area contributed by atoms with Crippen molar-refractivity contribution in [3.05, 3.63) is 0 Å². The van der Waals surface area contributed by atoms with Crippen molar-refractivity contribution in [3.63, 3.8) is 0 Å². The number of carboxylic acid groups (broad SMARTS) is 1. The molecule has 5 unspecified atom stereocenters. The van der Waals surface area contributed by atoms with Crippen molar-refractivity contribution >= 4 is 11.9 Å². The van der Waals surface area contributed by atoms with Gasteiger partial charge in [-0.3, -0.25) is 9.59 Å². The van der Waals surface area contributed by atoms with Gasteiger partial charge < -0.3 is 15.2 Å². The topological polar surface area (TPSA) is 75.6 Å². The first-order chi connectivity index (χ1) is 15.9. The second-order valence-electron chi connectivity index (χ2n) is 10.6. The lowest BCUT2D eigenvalue weighted by Gasteiger charge is -2.31. The maximum atomic E-state index is 14.0. The Bertz CT molecular complexity index is 694. The highest BCUT2D eigenvalue weighted by atomic mass is 19.1. The maximum Gasteiger partial charge on any atom is 0.306 e. The third kappa shape index (κ3) is 8.92. The Morgan fingerprint density at radius 1 is 1.03 bits per heavy atom. The first-order valence-corrected chi connectivity index (χ1v) is 13.2. The van der Waals surface area contributed by atoms with Gasteiger partial charge in [-0.15, -0.1) is 0 Å². The van der Waals surface area contributed by atoms with E-state index < -0.39 is 18.1 Å². The molecule has 3 fully saturated rings. The van der Waals surface area contributed by atoms with Crippen LogP contribution >= 0.6 is 0 Å². The van der Waals surface area contributed by atoms with Crippen molar-refractivity contribution in [2.75, 3.05) is 6.61 Å². The zero-order valence-corrected chi connectivity index (χ0v) is 20.2. The Hall–Kier alpha value is -1.61. The van der Waals surface area contributed by atoms with E-state index in [2.05, 4.69) is 17.2 Å². The Morgan fingerprint density at radius 2 is 1.79 bits per heavy atom. The maximum absolute atomic E-state index is 14.0. The van der Waals surface area contributed by atoms with Crippen LogP contribution in [0.2, 0.25) is 0 Å². The number of alkyl halides is 1. The molecule has 0 aliphatic heterocycles. The number of rotatable bonds is 8. The van der Waals surface area contributed by atoms with Crippen molar-refractivity contribution in [2.24, 2.45) is 23.7 Å². The van der Waals surface area contributed by atoms with Crippen LogP contribution in [0, 0.1) is 35.5 Å². The van der Waals surface area contributed by atoms with E-state index in [4.69, 9.17) is 9.84 Å². The molecular weight excluding hydrogens is 421 g/mol.